The van der Waals surface area contributed by atoms with Crippen LogP contribution in [0.4, 0.5) is 0 Å². The predicted molar refractivity (Wildman–Crippen MR) is 113 cm³/mol. The third-order valence-corrected chi connectivity index (χ3v) is 7.90. The van der Waals surface area contributed by atoms with E-state index in [0.717, 1.165) is 22.7 Å². The highest BCUT2D eigenvalue weighted by Gasteiger charge is 2.29. The standard InChI is InChI=1S/C19H15Cl2N3O4S2/c20-16-6-5-14(9-15(16)19(25)28-11-17-18(21)29-23-22-17)30(26,27)24-8-7-12-3-1-2-4-13(12)10-24/h1-6,9H,7-8,10-11H2. The molecule has 7 nitrogen and oxygen atoms in total. The van der Waals surface area contributed by atoms with Crippen LogP contribution in [-0.2, 0) is 34.3 Å². The van der Waals surface area contributed by atoms with E-state index >= 15 is 0 Å². The summed E-state index contributed by atoms with van der Waals surface area (Å²) in [6.45, 7) is 0.442. The van der Waals surface area contributed by atoms with Crippen LogP contribution in [0.2, 0.25) is 9.36 Å². The summed E-state index contributed by atoms with van der Waals surface area (Å²) in [4.78, 5) is 12.5. The minimum atomic E-state index is -3.82. The van der Waals surface area contributed by atoms with Crippen molar-refractivity contribution >= 4 is 50.7 Å². The number of ether oxygens (including phenoxy) is 1. The first-order valence-corrected chi connectivity index (χ1v) is 11.8. The smallest absolute Gasteiger partial charge is 0.340 e. The van der Waals surface area contributed by atoms with Crippen molar-refractivity contribution in [2.45, 2.75) is 24.5 Å². The zero-order chi connectivity index (χ0) is 21.3. The topological polar surface area (TPSA) is 89.5 Å². The normalized spacial score (nSPS) is 14.3. The average molecular weight is 484 g/mol. The van der Waals surface area contributed by atoms with E-state index in [1.165, 1.54) is 22.5 Å². The maximum absolute atomic E-state index is 13.2. The van der Waals surface area contributed by atoms with Gasteiger partial charge in [0.25, 0.3) is 0 Å². The lowest BCUT2D eigenvalue weighted by Gasteiger charge is -2.28. The molecule has 0 fully saturated rings. The number of rotatable bonds is 5. The second-order valence-corrected chi connectivity index (χ2v) is 10.3. The number of carbonyl (C=O) groups excluding carboxylic acids is 1. The lowest BCUT2D eigenvalue weighted by molar-refractivity contribution is 0.0468. The van der Waals surface area contributed by atoms with Crippen molar-refractivity contribution in [3.05, 3.63) is 74.2 Å². The molecule has 156 valence electrons. The molecule has 1 aliphatic heterocycles. The summed E-state index contributed by atoms with van der Waals surface area (Å²) in [5, 5.41) is 3.85. The van der Waals surface area contributed by atoms with Gasteiger partial charge in [-0.25, -0.2) is 13.2 Å². The predicted octanol–water partition coefficient (Wildman–Crippen LogP) is 3.95. The summed E-state index contributed by atoms with van der Waals surface area (Å²) in [5.74, 6) is -0.773. The first-order chi connectivity index (χ1) is 14.4. The Labute approximate surface area is 187 Å². The van der Waals surface area contributed by atoms with Crippen molar-refractivity contribution in [3.63, 3.8) is 0 Å². The Bertz CT molecular complexity index is 1210. The fraction of sp³-hybridized carbons (Fsp3) is 0.211. The maximum atomic E-state index is 13.2. The number of sulfonamides is 1. The minimum Gasteiger partial charge on any atom is -0.455 e. The highest BCUT2D eigenvalue weighted by Crippen LogP contribution is 2.28. The molecule has 0 radical (unpaired) electrons. The van der Waals surface area contributed by atoms with Crippen molar-refractivity contribution in [1.82, 2.24) is 13.9 Å². The number of benzene rings is 2. The highest BCUT2D eigenvalue weighted by molar-refractivity contribution is 7.89. The van der Waals surface area contributed by atoms with Crippen LogP contribution in [0, 0.1) is 0 Å². The molecule has 0 unspecified atom stereocenters. The summed E-state index contributed by atoms with van der Waals surface area (Å²) in [6.07, 6.45) is 0.625. The average Bonchev–Trinajstić information content (AvgIpc) is 3.16. The molecule has 0 saturated carbocycles. The van der Waals surface area contributed by atoms with E-state index in [2.05, 4.69) is 9.59 Å². The quantitative estimate of drug-likeness (QED) is 0.510. The van der Waals surface area contributed by atoms with Crippen LogP contribution in [0.3, 0.4) is 0 Å². The van der Waals surface area contributed by atoms with Gasteiger partial charge >= 0.3 is 5.97 Å². The Hall–Kier alpha value is -2.04. The fourth-order valence-corrected chi connectivity index (χ4v) is 5.38. The van der Waals surface area contributed by atoms with Crippen LogP contribution in [0.5, 0.6) is 0 Å². The number of nitrogens with zero attached hydrogens (tertiary/aromatic N) is 3. The number of hydrogen-bond acceptors (Lipinski definition) is 7. The summed E-state index contributed by atoms with van der Waals surface area (Å²) >= 11 is 13.0. The van der Waals surface area contributed by atoms with Gasteiger partial charge in [-0.05, 0) is 35.7 Å². The van der Waals surface area contributed by atoms with Crippen molar-refractivity contribution in [2.24, 2.45) is 0 Å². The van der Waals surface area contributed by atoms with Crippen LogP contribution in [0.1, 0.15) is 27.2 Å². The molecule has 1 aliphatic rings. The van der Waals surface area contributed by atoms with Crippen LogP contribution in [-0.4, -0.2) is 34.8 Å². The third-order valence-electron chi connectivity index (χ3n) is 4.74. The number of aromatic nitrogens is 2. The Morgan fingerprint density at radius 3 is 2.67 bits per heavy atom. The van der Waals surface area contributed by atoms with Gasteiger partial charge < -0.3 is 4.74 Å². The van der Waals surface area contributed by atoms with E-state index in [4.69, 9.17) is 27.9 Å². The molecule has 4 rings (SSSR count). The molecule has 30 heavy (non-hydrogen) atoms. The minimum absolute atomic E-state index is 0.0217. The molecule has 0 aliphatic carbocycles. The maximum Gasteiger partial charge on any atom is 0.340 e. The number of esters is 1. The molecule has 0 bridgehead atoms. The molecule has 2 aromatic carbocycles. The van der Waals surface area contributed by atoms with Gasteiger partial charge in [0.1, 0.15) is 16.6 Å². The molecule has 0 spiro atoms. The van der Waals surface area contributed by atoms with E-state index < -0.39 is 16.0 Å². The van der Waals surface area contributed by atoms with E-state index in [9.17, 15) is 13.2 Å². The van der Waals surface area contributed by atoms with Gasteiger partial charge in [-0.3, -0.25) is 0 Å². The molecular formula is C19H15Cl2N3O4S2. The number of halogens is 2. The Morgan fingerprint density at radius 2 is 1.93 bits per heavy atom. The summed E-state index contributed by atoms with van der Waals surface area (Å²) in [7, 11) is -3.82. The summed E-state index contributed by atoms with van der Waals surface area (Å²) in [5.41, 5.74) is 2.38. The SMILES string of the molecule is O=C(OCc1nnsc1Cl)c1cc(S(=O)(=O)N2CCc3ccccc3C2)ccc1Cl. The van der Waals surface area contributed by atoms with E-state index in [-0.39, 0.29) is 28.6 Å². The Kier molecular flexibility index (Phi) is 6.08. The zero-order valence-corrected chi connectivity index (χ0v) is 18.6. The molecule has 1 aromatic heterocycles. The number of hydrogen-bond donors (Lipinski definition) is 0. The highest BCUT2D eigenvalue weighted by atomic mass is 35.5. The lowest BCUT2D eigenvalue weighted by atomic mass is 10.0. The molecule has 0 amide bonds. The second-order valence-electron chi connectivity index (χ2n) is 6.57. The third kappa shape index (κ3) is 4.21. The monoisotopic (exact) mass is 483 g/mol. The van der Waals surface area contributed by atoms with Gasteiger partial charge in [-0.15, -0.1) is 5.10 Å². The van der Waals surface area contributed by atoms with E-state index in [1.54, 1.807) is 0 Å². The van der Waals surface area contributed by atoms with Crippen molar-refractivity contribution in [1.29, 1.82) is 0 Å². The molecule has 0 N–H and O–H groups in total. The first-order valence-electron chi connectivity index (χ1n) is 8.86. The molecule has 0 atom stereocenters. The van der Waals surface area contributed by atoms with Gasteiger partial charge in [-0.2, -0.15) is 4.31 Å². The largest absolute Gasteiger partial charge is 0.455 e. The van der Waals surface area contributed by atoms with E-state index in [0.29, 0.717) is 23.0 Å². The molecule has 3 aromatic rings. The van der Waals surface area contributed by atoms with Gasteiger partial charge in [0.15, 0.2) is 0 Å². The van der Waals surface area contributed by atoms with Crippen LogP contribution in [0.25, 0.3) is 0 Å². The van der Waals surface area contributed by atoms with Gasteiger partial charge in [0.05, 0.1) is 15.5 Å². The van der Waals surface area contributed by atoms with Gasteiger partial charge in [0.2, 0.25) is 10.0 Å². The van der Waals surface area contributed by atoms with E-state index in [1.807, 2.05) is 24.3 Å². The second kappa shape index (κ2) is 8.60. The fourth-order valence-electron chi connectivity index (χ4n) is 3.14. The van der Waals surface area contributed by atoms with Crippen LogP contribution >= 0.6 is 34.7 Å². The van der Waals surface area contributed by atoms with Gasteiger partial charge in [0, 0.05) is 24.6 Å². The van der Waals surface area contributed by atoms with Crippen molar-refractivity contribution < 1.29 is 17.9 Å². The summed E-state index contributed by atoms with van der Waals surface area (Å²) in [6, 6.07) is 11.7. The molecule has 11 heteroatoms. The Balaban J connectivity index is 1.56. The Morgan fingerprint density at radius 1 is 1.17 bits per heavy atom. The van der Waals surface area contributed by atoms with Crippen LogP contribution < -0.4 is 0 Å². The van der Waals surface area contributed by atoms with Gasteiger partial charge in [-0.1, -0.05) is 52.0 Å². The van der Waals surface area contributed by atoms with Crippen LogP contribution in [0.15, 0.2) is 47.4 Å². The van der Waals surface area contributed by atoms with Crippen molar-refractivity contribution in [3.8, 4) is 0 Å². The number of carbonyl (C=O) groups is 1. The zero-order valence-electron chi connectivity index (χ0n) is 15.4. The molecule has 2 heterocycles. The summed E-state index contributed by atoms with van der Waals surface area (Å²) < 4.78 is 36.9. The molecular weight excluding hydrogens is 469 g/mol. The number of fused-ring (bicyclic) bond motifs is 1. The lowest BCUT2D eigenvalue weighted by Crippen LogP contribution is -2.36. The van der Waals surface area contributed by atoms with Crippen molar-refractivity contribution in [2.75, 3.05) is 6.54 Å². The first kappa shape index (κ1) is 21.2. The molecule has 0 saturated heterocycles.